The number of rotatable bonds is 6. The molecule has 0 saturated carbocycles. The molecule has 1 fully saturated rings. The summed E-state index contributed by atoms with van der Waals surface area (Å²) in [6.45, 7) is 7.62. The van der Waals surface area contributed by atoms with Crippen LogP contribution in [0, 0.1) is 6.92 Å². The molecule has 0 amide bonds. The van der Waals surface area contributed by atoms with Crippen molar-refractivity contribution >= 4 is 46.2 Å². The van der Waals surface area contributed by atoms with Crippen LogP contribution < -0.4 is 15.0 Å². The molecule has 5 rings (SSSR count). The first kappa shape index (κ1) is 22.2. The number of ether oxygens (including phenoxy) is 1. The van der Waals surface area contributed by atoms with E-state index in [-0.39, 0.29) is 0 Å². The van der Waals surface area contributed by atoms with E-state index < -0.39 is 0 Å². The Hall–Kier alpha value is -3.56. The number of H-pyrrole nitrogens is 2. The van der Waals surface area contributed by atoms with Gasteiger partial charge in [-0.05, 0) is 45.2 Å². The van der Waals surface area contributed by atoms with Crippen LogP contribution in [0.25, 0.3) is 17.0 Å². The number of nitrogens with zero attached hydrogens (tertiary/aromatic N) is 5. The first-order valence-corrected chi connectivity index (χ1v) is 11.6. The van der Waals surface area contributed by atoms with E-state index in [0.29, 0.717) is 28.4 Å². The Bertz CT molecular complexity index is 1340. The third-order valence-electron chi connectivity index (χ3n) is 5.75. The number of nitrogens with one attached hydrogen (secondary N) is 3. The number of aryl methyl sites for hydroxylation is 1. The van der Waals surface area contributed by atoms with Crippen LogP contribution >= 0.6 is 11.6 Å². The highest BCUT2D eigenvalue weighted by atomic mass is 35.5. The summed E-state index contributed by atoms with van der Waals surface area (Å²) < 4.78 is 6.19. The lowest BCUT2D eigenvalue weighted by atomic mass is 10.2. The number of hydrogen-bond acceptors (Lipinski definition) is 7. The Morgan fingerprint density at radius 1 is 1.12 bits per heavy atom. The van der Waals surface area contributed by atoms with Crippen LogP contribution in [0.1, 0.15) is 18.3 Å². The van der Waals surface area contributed by atoms with E-state index >= 15 is 0 Å². The van der Waals surface area contributed by atoms with Gasteiger partial charge >= 0.3 is 0 Å². The van der Waals surface area contributed by atoms with E-state index in [1.54, 1.807) is 0 Å². The van der Waals surface area contributed by atoms with Crippen molar-refractivity contribution in [2.24, 2.45) is 0 Å². The molecule has 4 aromatic rings. The highest BCUT2D eigenvalue weighted by Crippen LogP contribution is 2.36. The summed E-state index contributed by atoms with van der Waals surface area (Å²) in [4.78, 5) is 17.2. The molecule has 1 saturated heterocycles. The van der Waals surface area contributed by atoms with Crippen molar-refractivity contribution in [2.75, 3.05) is 43.4 Å². The molecule has 10 heteroatoms. The van der Waals surface area contributed by atoms with Gasteiger partial charge < -0.3 is 24.8 Å². The second kappa shape index (κ2) is 9.36. The quantitative estimate of drug-likeness (QED) is 0.360. The van der Waals surface area contributed by atoms with Crippen molar-refractivity contribution in [3.05, 3.63) is 52.8 Å². The largest absolute Gasteiger partial charge is 0.437 e. The summed E-state index contributed by atoms with van der Waals surface area (Å²) in [7, 11) is 2.12. The maximum atomic E-state index is 6.67. The van der Waals surface area contributed by atoms with Gasteiger partial charge in [-0.25, -0.2) is 0 Å². The molecule has 4 heterocycles. The fourth-order valence-electron chi connectivity index (χ4n) is 3.98. The number of fused-ring (bicyclic) bond motifs is 1. The Labute approximate surface area is 202 Å². The second-order valence-corrected chi connectivity index (χ2v) is 8.78. The van der Waals surface area contributed by atoms with E-state index in [1.807, 2.05) is 56.3 Å². The molecule has 0 bridgehead atoms. The number of aromatic nitrogens is 5. The molecule has 34 heavy (non-hydrogen) atoms. The summed E-state index contributed by atoms with van der Waals surface area (Å²) in [6.07, 6.45) is 3.88. The third kappa shape index (κ3) is 4.71. The Morgan fingerprint density at radius 2 is 1.94 bits per heavy atom. The maximum Gasteiger partial charge on any atom is 0.233 e. The van der Waals surface area contributed by atoms with Crippen molar-refractivity contribution in [1.29, 1.82) is 0 Å². The van der Waals surface area contributed by atoms with E-state index in [9.17, 15) is 0 Å². The van der Waals surface area contributed by atoms with Crippen LogP contribution in [0.5, 0.6) is 11.6 Å². The van der Waals surface area contributed by atoms with Crippen LogP contribution in [-0.2, 0) is 0 Å². The molecule has 3 N–H and O–H groups in total. The van der Waals surface area contributed by atoms with Crippen molar-refractivity contribution in [2.45, 2.75) is 13.8 Å². The Balaban J connectivity index is 1.48. The van der Waals surface area contributed by atoms with Gasteiger partial charge in [0.25, 0.3) is 0 Å². The Kier molecular flexibility index (Phi) is 6.12. The normalized spacial score (nSPS) is 14.9. The molecule has 3 aromatic heterocycles. The zero-order chi connectivity index (χ0) is 23.7. The number of hydrogen-bond donors (Lipinski definition) is 3. The summed E-state index contributed by atoms with van der Waals surface area (Å²) in [5.41, 5.74) is 2.89. The summed E-state index contributed by atoms with van der Waals surface area (Å²) in [5, 5.41) is 11.9. The van der Waals surface area contributed by atoms with Crippen LogP contribution in [0.2, 0.25) is 5.02 Å². The molecular formula is C24H27ClN8O. The SMILES string of the molecule is C/C=C/c1cc(Nc2nc(Oc3ccc4[nH]c(C)cc4c3Cl)cc(N3CCN(C)CC3)n2)n[nH]1. The molecule has 0 radical (unpaired) electrons. The first-order chi connectivity index (χ1) is 16.5. The van der Waals surface area contributed by atoms with Crippen molar-refractivity contribution in [1.82, 2.24) is 30.0 Å². The average molecular weight is 479 g/mol. The van der Waals surface area contributed by atoms with Gasteiger partial charge in [-0.15, -0.1) is 0 Å². The number of allylic oxidation sites excluding steroid dienone is 1. The van der Waals surface area contributed by atoms with E-state index in [2.05, 4.69) is 42.3 Å². The third-order valence-corrected chi connectivity index (χ3v) is 6.14. The highest BCUT2D eigenvalue weighted by Gasteiger charge is 2.19. The van der Waals surface area contributed by atoms with E-state index in [4.69, 9.17) is 21.3 Å². The zero-order valence-electron chi connectivity index (χ0n) is 19.4. The van der Waals surface area contributed by atoms with Crippen LogP contribution in [0.4, 0.5) is 17.6 Å². The lowest BCUT2D eigenvalue weighted by Crippen LogP contribution is -2.44. The van der Waals surface area contributed by atoms with Crippen LogP contribution in [-0.4, -0.2) is 63.3 Å². The average Bonchev–Trinajstić information content (AvgIpc) is 3.42. The molecule has 0 spiro atoms. The molecule has 0 unspecified atom stereocenters. The highest BCUT2D eigenvalue weighted by molar-refractivity contribution is 6.37. The van der Waals surface area contributed by atoms with Gasteiger partial charge in [0.2, 0.25) is 11.8 Å². The topological polar surface area (TPSA) is 98.0 Å². The number of halogens is 1. The van der Waals surface area contributed by atoms with Crippen molar-refractivity contribution < 1.29 is 4.74 Å². The monoisotopic (exact) mass is 478 g/mol. The van der Waals surface area contributed by atoms with Gasteiger partial charge in [0.1, 0.15) is 11.6 Å². The number of anilines is 3. The first-order valence-electron chi connectivity index (χ1n) is 11.2. The molecular weight excluding hydrogens is 452 g/mol. The molecule has 1 aromatic carbocycles. The lowest BCUT2D eigenvalue weighted by molar-refractivity contribution is 0.312. The van der Waals surface area contributed by atoms with Gasteiger partial charge in [0, 0.05) is 54.9 Å². The smallest absolute Gasteiger partial charge is 0.233 e. The molecule has 9 nitrogen and oxygen atoms in total. The fourth-order valence-corrected chi connectivity index (χ4v) is 4.24. The minimum absolute atomic E-state index is 0.402. The molecule has 1 aliphatic rings. The minimum Gasteiger partial charge on any atom is -0.437 e. The minimum atomic E-state index is 0.402. The number of piperazine rings is 1. The summed E-state index contributed by atoms with van der Waals surface area (Å²) in [6, 6.07) is 9.56. The molecule has 0 aliphatic carbocycles. The number of benzene rings is 1. The maximum absolute atomic E-state index is 6.67. The van der Waals surface area contributed by atoms with Crippen LogP contribution in [0.3, 0.4) is 0 Å². The standard InChI is InChI=1S/C24H27ClN8O/c1-4-5-16-13-20(31-30-16)27-24-28-21(33-10-8-32(3)9-11-33)14-22(29-24)34-19-7-6-18-17(23(19)25)12-15(2)26-18/h4-7,12-14,26H,8-11H2,1-3H3,(H2,27,28,29,30,31)/b5-4+. The van der Waals surface area contributed by atoms with E-state index in [1.165, 1.54) is 0 Å². The van der Waals surface area contributed by atoms with Gasteiger partial charge in [-0.2, -0.15) is 15.1 Å². The predicted molar refractivity (Wildman–Crippen MR) is 136 cm³/mol. The summed E-state index contributed by atoms with van der Waals surface area (Å²) in [5.74, 6) is 2.76. The lowest BCUT2D eigenvalue weighted by Gasteiger charge is -2.33. The van der Waals surface area contributed by atoms with Crippen LogP contribution in [0.15, 0.2) is 36.4 Å². The summed E-state index contributed by atoms with van der Waals surface area (Å²) >= 11 is 6.67. The molecule has 176 valence electrons. The fraction of sp³-hybridized carbons (Fsp3) is 0.292. The number of aromatic amines is 2. The molecule has 0 atom stereocenters. The van der Waals surface area contributed by atoms with E-state index in [0.717, 1.165) is 54.3 Å². The van der Waals surface area contributed by atoms with Gasteiger partial charge in [0.15, 0.2) is 5.82 Å². The van der Waals surface area contributed by atoms with Gasteiger partial charge in [-0.1, -0.05) is 17.7 Å². The number of likely N-dealkylation sites (N-methyl/N-ethyl adjacent to an activating group) is 1. The van der Waals surface area contributed by atoms with Crippen molar-refractivity contribution in [3.63, 3.8) is 0 Å². The predicted octanol–water partition coefficient (Wildman–Crippen LogP) is 4.96. The zero-order valence-corrected chi connectivity index (χ0v) is 20.1. The Morgan fingerprint density at radius 3 is 2.74 bits per heavy atom. The van der Waals surface area contributed by atoms with Gasteiger partial charge in [0.05, 0.1) is 10.7 Å². The molecule has 1 aliphatic heterocycles. The van der Waals surface area contributed by atoms with Gasteiger partial charge in [-0.3, -0.25) is 5.10 Å². The second-order valence-electron chi connectivity index (χ2n) is 8.41. The van der Waals surface area contributed by atoms with Crippen molar-refractivity contribution in [3.8, 4) is 11.6 Å².